The summed E-state index contributed by atoms with van der Waals surface area (Å²) >= 11 is 0. The number of ether oxygens (including phenoxy) is 1. The average molecular weight is 614 g/mol. The van der Waals surface area contributed by atoms with Crippen molar-refractivity contribution in [3.8, 4) is 56.0 Å². The summed E-state index contributed by atoms with van der Waals surface area (Å²) < 4.78 is 6.86. The molecule has 0 amide bonds. The molecule has 0 aromatic heterocycles. The molecule has 0 saturated carbocycles. The number of anilines is 3. The molecule has 1 aliphatic rings. The highest BCUT2D eigenvalue weighted by atomic mass is 16.5. The van der Waals surface area contributed by atoms with Gasteiger partial charge in [0.1, 0.15) is 11.5 Å². The standard InChI is InChI=1S/C46H31NO/c1-3-12-32(13-4-1)34-22-25-37(26-23-34)47(38-27-24-33-14-7-8-17-36(33)30-38)39-28-29-43-45(31-39)48-44-21-10-9-18-41(44)42-20-11-19-40(46(42)43)35-15-5-2-6-16-35/h1-31H. The molecule has 2 nitrogen and oxygen atoms in total. The monoisotopic (exact) mass is 613 g/mol. The van der Waals surface area contributed by atoms with Gasteiger partial charge in [0.05, 0.1) is 0 Å². The van der Waals surface area contributed by atoms with Crippen molar-refractivity contribution >= 4 is 27.8 Å². The molecule has 9 rings (SSSR count). The first-order chi connectivity index (χ1) is 23.8. The Morgan fingerprint density at radius 2 is 0.896 bits per heavy atom. The van der Waals surface area contributed by atoms with Gasteiger partial charge < -0.3 is 9.64 Å². The Bertz CT molecular complexity index is 2410. The molecule has 0 fully saturated rings. The molecule has 0 atom stereocenters. The van der Waals surface area contributed by atoms with Crippen molar-refractivity contribution < 1.29 is 4.74 Å². The zero-order chi connectivity index (χ0) is 31.9. The first kappa shape index (κ1) is 27.9. The molecule has 0 unspecified atom stereocenters. The maximum atomic E-state index is 6.86. The predicted octanol–water partition coefficient (Wildman–Crippen LogP) is 13.1. The third-order valence-corrected chi connectivity index (χ3v) is 9.26. The van der Waals surface area contributed by atoms with Crippen LogP contribution in [0.2, 0.25) is 0 Å². The van der Waals surface area contributed by atoms with E-state index in [9.17, 15) is 0 Å². The van der Waals surface area contributed by atoms with Crippen LogP contribution < -0.4 is 9.64 Å². The van der Waals surface area contributed by atoms with Crippen LogP contribution in [-0.2, 0) is 0 Å². The van der Waals surface area contributed by atoms with E-state index in [1.165, 1.54) is 44.2 Å². The fourth-order valence-corrected chi connectivity index (χ4v) is 6.96. The van der Waals surface area contributed by atoms with Crippen LogP contribution in [0.25, 0.3) is 55.3 Å². The number of fused-ring (bicyclic) bond motifs is 6. The van der Waals surface area contributed by atoms with Crippen LogP contribution in [0.5, 0.6) is 11.5 Å². The lowest BCUT2D eigenvalue weighted by molar-refractivity contribution is 0.488. The predicted molar refractivity (Wildman–Crippen MR) is 200 cm³/mol. The van der Waals surface area contributed by atoms with Crippen LogP contribution in [0.1, 0.15) is 0 Å². The second-order valence-electron chi connectivity index (χ2n) is 12.2. The Morgan fingerprint density at radius 3 is 1.71 bits per heavy atom. The van der Waals surface area contributed by atoms with Gasteiger partial charge in [0.25, 0.3) is 0 Å². The van der Waals surface area contributed by atoms with Gasteiger partial charge in [-0.05, 0) is 81.1 Å². The Labute approximate surface area is 280 Å². The molecule has 2 heteroatoms. The molecule has 0 bridgehead atoms. The number of hydrogen-bond donors (Lipinski definition) is 0. The fraction of sp³-hybridized carbons (Fsp3) is 0. The van der Waals surface area contributed by atoms with Crippen molar-refractivity contribution in [3.05, 3.63) is 188 Å². The molecule has 8 aromatic rings. The van der Waals surface area contributed by atoms with E-state index in [1.54, 1.807) is 0 Å². The van der Waals surface area contributed by atoms with Gasteiger partial charge in [-0.3, -0.25) is 0 Å². The van der Waals surface area contributed by atoms with Gasteiger partial charge in [-0.15, -0.1) is 0 Å². The molecule has 0 aliphatic carbocycles. The summed E-state index contributed by atoms with van der Waals surface area (Å²) in [6.07, 6.45) is 0. The van der Waals surface area contributed by atoms with Crippen molar-refractivity contribution in [2.45, 2.75) is 0 Å². The van der Waals surface area contributed by atoms with E-state index >= 15 is 0 Å². The van der Waals surface area contributed by atoms with Crippen LogP contribution in [0, 0.1) is 0 Å². The number of para-hydroxylation sites is 1. The maximum Gasteiger partial charge on any atom is 0.137 e. The largest absolute Gasteiger partial charge is 0.456 e. The van der Waals surface area contributed by atoms with Crippen molar-refractivity contribution in [1.82, 2.24) is 0 Å². The van der Waals surface area contributed by atoms with Crippen molar-refractivity contribution in [2.75, 3.05) is 4.90 Å². The van der Waals surface area contributed by atoms with Crippen LogP contribution in [0.15, 0.2) is 188 Å². The molecule has 8 aromatic carbocycles. The topological polar surface area (TPSA) is 12.5 Å². The lowest BCUT2D eigenvalue weighted by atomic mass is 9.87. The summed E-state index contributed by atoms with van der Waals surface area (Å²) in [5.74, 6) is 1.68. The summed E-state index contributed by atoms with van der Waals surface area (Å²) in [6.45, 7) is 0. The summed E-state index contributed by atoms with van der Waals surface area (Å²) in [6, 6.07) is 66.8. The van der Waals surface area contributed by atoms with Crippen LogP contribution in [0.3, 0.4) is 0 Å². The van der Waals surface area contributed by atoms with E-state index < -0.39 is 0 Å². The van der Waals surface area contributed by atoms with Crippen molar-refractivity contribution in [3.63, 3.8) is 0 Å². The lowest BCUT2D eigenvalue weighted by Crippen LogP contribution is -2.10. The normalized spacial score (nSPS) is 11.5. The molecule has 226 valence electrons. The molecule has 1 aliphatic heterocycles. The maximum absolute atomic E-state index is 6.86. The van der Waals surface area contributed by atoms with Gasteiger partial charge in [0.15, 0.2) is 0 Å². The zero-order valence-electron chi connectivity index (χ0n) is 26.3. The Kier molecular flexibility index (Phi) is 6.84. The van der Waals surface area contributed by atoms with Gasteiger partial charge in [0, 0.05) is 39.8 Å². The molecule has 1 heterocycles. The quantitative estimate of drug-likeness (QED) is 0.191. The lowest BCUT2D eigenvalue weighted by Gasteiger charge is -2.27. The average Bonchev–Trinajstić information content (AvgIpc) is 3.30. The van der Waals surface area contributed by atoms with Crippen LogP contribution >= 0.6 is 0 Å². The van der Waals surface area contributed by atoms with Gasteiger partial charge in [-0.1, -0.05) is 140 Å². The summed E-state index contributed by atoms with van der Waals surface area (Å²) in [5, 5.41) is 2.41. The first-order valence-electron chi connectivity index (χ1n) is 16.3. The Morgan fingerprint density at radius 1 is 0.312 bits per heavy atom. The minimum Gasteiger partial charge on any atom is -0.456 e. The summed E-state index contributed by atoms with van der Waals surface area (Å²) in [5.41, 5.74) is 12.4. The third kappa shape index (κ3) is 4.92. The van der Waals surface area contributed by atoms with Crippen LogP contribution in [-0.4, -0.2) is 0 Å². The molecule has 48 heavy (non-hydrogen) atoms. The molecular weight excluding hydrogens is 583 g/mol. The summed E-state index contributed by atoms with van der Waals surface area (Å²) in [7, 11) is 0. The SMILES string of the molecule is c1ccc(-c2ccc(N(c3ccc4c(c3)Oc3ccccc3-c3cccc(-c5ccccc5)c3-4)c3ccc4ccccc4c3)cc2)cc1. The minimum absolute atomic E-state index is 0.828. The molecular formula is C46H31NO. The van der Waals surface area contributed by atoms with Crippen molar-refractivity contribution in [2.24, 2.45) is 0 Å². The molecule has 0 N–H and O–H groups in total. The molecule has 0 radical (unpaired) electrons. The summed E-state index contributed by atoms with van der Waals surface area (Å²) in [4.78, 5) is 2.33. The second kappa shape index (κ2) is 11.8. The van der Waals surface area contributed by atoms with Gasteiger partial charge in [-0.2, -0.15) is 0 Å². The first-order valence-corrected chi connectivity index (χ1v) is 16.3. The Balaban J connectivity index is 1.24. The van der Waals surface area contributed by atoms with E-state index in [0.29, 0.717) is 0 Å². The highest BCUT2D eigenvalue weighted by Crippen LogP contribution is 2.51. The number of rotatable bonds is 5. The second-order valence-corrected chi connectivity index (χ2v) is 12.2. The van der Waals surface area contributed by atoms with E-state index in [-0.39, 0.29) is 0 Å². The number of benzene rings is 8. The minimum atomic E-state index is 0.828. The van der Waals surface area contributed by atoms with E-state index in [2.05, 4.69) is 187 Å². The van der Waals surface area contributed by atoms with Crippen molar-refractivity contribution in [1.29, 1.82) is 0 Å². The number of hydrogen-bond acceptors (Lipinski definition) is 2. The van der Waals surface area contributed by atoms with E-state index in [0.717, 1.165) is 39.7 Å². The van der Waals surface area contributed by atoms with Gasteiger partial charge in [0.2, 0.25) is 0 Å². The molecule has 0 saturated heterocycles. The van der Waals surface area contributed by atoms with E-state index in [4.69, 9.17) is 4.74 Å². The van der Waals surface area contributed by atoms with Gasteiger partial charge >= 0.3 is 0 Å². The van der Waals surface area contributed by atoms with Gasteiger partial charge in [-0.25, -0.2) is 0 Å². The highest BCUT2D eigenvalue weighted by molar-refractivity contribution is 6.00. The number of nitrogens with zero attached hydrogens (tertiary/aromatic N) is 1. The highest BCUT2D eigenvalue weighted by Gasteiger charge is 2.25. The zero-order valence-corrected chi connectivity index (χ0v) is 26.3. The van der Waals surface area contributed by atoms with Crippen LogP contribution in [0.4, 0.5) is 17.1 Å². The third-order valence-electron chi connectivity index (χ3n) is 9.26. The smallest absolute Gasteiger partial charge is 0.137 e. The Hall–Kier alpha value is -6.38. The molecule has 0 spiro atoms. The fourth-order valence-electron chi connectivity index (χ4n) is 6.96. The van der Waals surface area contributed by atoms with E-state index in [1.807, 2.05) is 6.07 Å².